The van der Waals surface area contributed by atoms with Gasteiger partial charge in [0.05, 0.1) is 24.0 Å². The van der Waals surface area contributed by atoms with Crippen molar-refractivity contribution in [3.63, 3.8) is 0 Å². The van der Waals surface area contributed by atoms with Crippen molar-refractivity contribution in [1.82, 2.24) is 19.9 Å². The summed E-state index contributed by atoms with van der Waals surface area (Å²) in [6.45, 7) is 1.48. The number of rotatable bonds is 7. The van der Waals surface area contributed by atoms with Gasteiger partial charge < -0.3 is 5.32 Å². The van der Waals surface area contributed by atoms with Crippen molar-refractivity contribution in [2.24, 2.45) is 0 Å². The Balaban J connectivity index is 1.26. The van der Waals surface area contributed by atoms with E-state index in [1.165, 1.54) is 16.0 Å². The summed E-state index contributed by atoms with van der Waals surface area (Å²) in [5.41, 5.74) is 3.54. The van der Waals surface area contributed by atoms with Crippen molar-refractivity contribution >= 4 is 21.6 Å². The molecule has 158 valence electrons. The molecular weight excluding hydrogens is 404 g/mol. The minimum absolute atomic E-state index is 0.0578. The highest BCUT2D eigenvalue weighted by molar-refractivity contribution is 7.18. The summed E-state index contributed by atoms with van der Waals surface area (Å²) in [4.78, 5) is 24.3. The molecule has 0 spiro atoms. The quantitative estimate of drug-likeness (QED) is 0.451. The molecule has 0 fully saturated rings. The van der Waals surface area contributed by atoms with Gasteiger partial charge in [0.15, 0.2) is 0 Å². The molecule has 6 heteroatoms. The lowest BCUT2D eigenvalue weighted by Crippen LogP contribution is -2.35. The van der Waals surface area contributed by atoms with E-state index in [2.05, 4.69) is 45.6 Å². The van der Waals surface area contributed by atoms with E-state index in [4.69, 9.17) is 0 Å². The van der Waals surface area contributed by atoms with Crippen LogP contribution >= 0.6 is 11.3 Å². The van der Waals surface area contributed by atoms with Gasteiger partial charge in [-0.15, -0.1) is 11.3 Å². The van der Waals surface area contributed by atoms with E-state index in [9.17, 15) is 4.79 Å². The maximum Gasteiger partial charge on any atom is 0.262 e. The number of nitrogens with zero attached hydrogens (tertiary/aromatic N) is 3. The number of benzene rings is 1. The standard InChI is InChI=1S/C25H26N4OS/c30-25-23-21-12-11-19(26-14-6-9-18-7-2-1-3-8-18)15-22(21)31-24(23)28-17-29(25)16-20-10-4-5-13-27-20/h1-5,7-8,10,13,17,19,26H,6,9,11-12,14-16H2. The van der Waals surface area contributed by atoms with E-state index < -0.39 is 0 Å². The molecule has 1 atom stereocenters. The van der Waals surface area contributed by atoms with Crippen LogP contribution < -0.4 is 10.9 Å². The highest BCUT2D eigenvalue weighted by Crippen LogP contribution is 2.33. The number of aryl methyl sites for hydroxylation is 2. The number of hydrogen-bond acceptors (Lipinski definition) is 5. The smallest absolute Gasteiger partial charge is 0.262 e. The third-order valence-electron chi connectivity index (χ3n) is 6.01. The fraction of sp³-hybridized carbons (Fsp3) is 0.320. The van der Waals surface area contributed by atoms with E-state index in [0.29, 0.717) is 12.6 Å². The molecule has 1 aliphatic rings. The van der Waals surface area contributed by atoms with Gasteiger partial charge in [0.2, 0.25) is 0 Å². The molecule has 0 radical (unpaired) electrons. The molecule has 1 N–H and O–H groups in total. The van der Waals surface area contributed by atoms with Gasteiger partial charge in [0.25, 0.3) is 5.56 Å². The van der Waals surface area contributed by atoms with Crippen LogP contribution in [0.4, 0.5) is 0 Å². The monoisotopic (exact) mass is 430 g/mol. The van der Waals surface area contributed by atoms with Crippen LogP contribution in [0, 0.1) is 0 Å². The first kappa shape index (κ1) is 20.1. The lowest BCUT2D eigenvalue weighted by Gasteiger charge is -2.23. The highest BCUT2D eigenvalue weighted by Gasteiger charge is 2.25. The van der Waals surface area contributed by atoms with Gasteiger partial charge in [-0.25, -0.2) is 4.98 Å². The molecule has 1 unspecified atom stereocenters. The van der Waals surface area contributed by atoms with E-state index in [0.717, 1.165) is 54.6 Å². The van der Waals surface area contributed by atoms with Crippen molar-refractivity contribution in [3.8, 4) is 0 Å². The Morgan fingerprint density at radius 1 is 1.10 bits per heavy atom. The third kappa shape index (κ3) is 4.45. The van der Waals surface area contributed by atoms with Crippen LogP contribution in [0.25, 0.3) is 10.2 Å². The molecule has 0 amide bonds. The van der Waals surface area contributed by atoms with Gasteiger partial charge >= 0.3 is 0 Å². The van der Waals surface area contributed by atoms with E-state index in [-0.39, 0.29) is 5.56 Å². The van der Waals surface area contributed by atoms with Gasteiger partial charge in [-0.1, -0.05) is 36.4 Å². The van der Waals surface area contributed by atoms with Gasteiger partial charge in [-0.2, -0.15) is 0 Å². The summed E-state index contributed by atoms with van der Waals surface area (Å²) in [6.07, 6.45) is 8.66. The SMILES string of the molecule is O=c1c2c3c(sc2ncn1Cc1ccccn1)CC(NCCCc1ccccc1)CC3. The van der Waals surface area contributed by atoms with E-state index >= 15 is 0 Å². The predicted octanol–water partition coefficient (Wildman–Crippen LogP) is 3.98. The molecule has 5 nitrogen and oxygen atoms in total. The molecule has 0 saturated carbocycles. The Morgan fingerprint density at radius 2 is 1.97 bits per heavy atom. The van der Waals surface area contributed by atoms with Crippen molar-refractivity contribution in [2.75, 3.05) is 6.54 Å². The summed E-state index contributed by atoms with van der Waals surface area (Å²) < 4.78 is 1.69. The topological polar surface area (TPSA) is 59.8 Å². The number of aromatic nitrogens is 3. The molecule has 0 saturated heterocycles. The Hall–Kier alpha value is -2.83. The Labute approximate surface area is 185 Å². The van der Waals surface area contributed by atoms with Gasteiger partial charge in [0, 0.05) is 17.1 Å². The van der Waals surface area contributed by atoms with Crippen LogP contribution in [0.1, 0.15) is 34.5 Å². The summed E-state index contributed by atoms with van der Waals surface area (Å²) >= 11 is 1.69. The minimum Gasteiger partial charge on any atom is -0.314 e. The predicted molar refractivity (Wildman–Crippen MR) is 126 cm³/mol. The fourth-order valence-electron chi connectivity index (χ4n) is 4.40. The largest absolute Gasteiger partial charge is 0.314 e. The van der Waals surface area contributed by atoms with Crippen molar-refractivity contribution in [1.29, 1.82) is 0 Å². The van der Waals surface area contributed by atoms with E-state index in [1.54, 1.807) is 28.4 Å². The highest BCUT2D eigenvalue weighted by atomic mass is 32.1. The van der Waals surface area contributed by atoms with Crippen LogP contribution in [0.15, 0.2) is 65.8 Å². The number of hydrogen-bond donors (Lipinski definition) is 1. The van der Waals surface area contributed by atoms with Gasteiger partial charge in [-0.05, 0) is 61.9 Å². The van der Waals surface area contributed by atoms with E-state index in [1.807, 2.05) is 18.2 Å². The lowest BCUT2D eigenvalue weighted by atomic mass is 9.93. The second-order valence-electron chi connectivity index (χ2n) is 8.17. The van der Waals surface area contributed by atoms with Crippen LogP contribution in [-0.4, -0.2) is 27.1 Å². The summed E-state index contributed by atoms with van der Waals surface area (Å²) in [7, 11) is 0. The average molecular weight is 431 g/mol. The molecular formula is C25H26N4OS. The number of fused-ring (bicyclic) bond motifs is 3. The summed E-state index contributed by atoms with van der Waals surface area (Å²) in [6, 6.07) is 16.9. The normalized spacial score (nSPS) is 15.8. The van der Waals surface area contributed by atoms with Crippen LogP contribution in [-0.2, 0) is 25.8 Å². The Kier molecular flexibility index (Phi) is 5.91. The maximum atomic E-state index is 13.2. The average Bonchev–Trinajstić information content (AvgIpc) is 3.18. The zero-order chi connectivity index (χ0) is 21.0. The fourth-order valence-corrected chi connectivity index (χ4v) is 5.66. The van der Waals surface area contributed by atoms with Crippen LogP contribution in [0.2, 0.25) is 0 Å². The van der Waals surface area contributed by atoms with Crippen molar-refractivity contribution in [3.05, 3.63) is 93.1 Å². The molecule has 1 aliphatic carbocycles. The first-order valence-corrected chi connectivity index (χ1v) is 11.8. The second-order valence-corrected chi connectivity index (χ2v) is 9.25. The molecule has 1 aromatic carbocycles. The van der Waals surface area contributed by atoms with Gasteiger partial charge in [-0.3, -0.25) is 14.3 Å². The molecule has 0 bridgehead atoms. The summed E-state index contributed by atoms with van der Waals surface area (Å²) in [5.74, 6) is 0. The Bertz CT molecular complexity index is 1220. The number of nitrogens with one attached hydrogen (secondary N) is 1. The molecule has 5 rings (SSSR count). The van der Waals surface area contributed by atoms with Crippen LogP contribution in [0.3, 0.4) is 0 Å². The minimum atomic E-state index is 0.0578. The number of thiophene rings is 1. The summed E-state index contributed by atoms with van der Waals surface area (Å²) in [5, 5.41) is 4.55. The van der Waals surface area contributed by atoms with Crippen molar-refractivity contribution < 1.29 is 0 Å². The number of pyridine rings is 1. The Morgan fingerprint density at radius 3 is 2.81 bits per heavy atom. The van der Waals surface area contributed by atoms with Crippen LogP contribution in [0.5, 0.6) is 0 Å². The molecule has 4 aromatic rings. The first-order chi connectivity index (χ1) is 15.3. The lowest BCUT2D eigenvalue weighted by molar-refractivity contribution is 0.459. The molecule has 3 aromatic heterocycles. The zero-order valence-electron chi connectivity index (χ0n) is 17.5. The molecule has 3 heterocycles. The zero-order valence-corrected chi connectivity index (χ0v) is 18.3. The molecule has 31 heavy (non-hydrogen) atoms. The first-order valence-electron chi connectivity index (χ1n) is 10.9. The maximum absolute atomic E-state index is 13.2. The third-order valence-corrected chi connectivity index (χ3v) is 7.17. The molecule has 0 aliphatic heterocycles. The second kappa shape index (κ2) is 9.12. The van der Waals surface area contributed by atoms with Gasteiger partial charge in [0.1, 0.15) is 4.83 Å². The van der Waals surface area contributed by atoms with Crippen molar-refractivity contribution in [2.45, 2.75) is 44.7 Å².